The Kier molecular flexibility index (Phi) is 6.35. The minimum absolute atomic E-state index is 0.0855. The molecule has 1 amide bonds. The molecule has 28 heavy (non-hydrogen) atoms. The normalized spacial score (nSPS) is 10.9. The van der Waals surface area contributed by atoms with E-state index in [1.165, 1.54) is 11.8 Å². The third-order valence-corrected chi connectivity index (χ3v) is 5.18. The summed E-state index contributed by atoms with van der Waals surface area (Å²) in [4.78, 5) is 12.3. The van der Waals surface area contributed by atoms with E-state index in [-0.39, 0.29) is 11.7 Å². The van der Waals surface area contributed by atoms with Gasteiger partial charge in [-0.05, 0) is 32.4 Å². The summed E-state index contributed by atoms with van der Waals surface area (Å²) in [6.07, 6.45) is 1.90. The first-order chi connectivity index (χ1) is 13.5. The van der Waals surface area contributed by atoms with E-state index in [1.807, 2.05) is 62.8 Å². The van der Waals surface area contributed by atoms with Crippen LogP contribution in [0.15, 0.2) is 35.6 Å². The van der Waals surface area contributed by atoms with Crippen molar-refractivity contribution in [1.29, 1.82) is 0 Å². The first-order valence-electron chi connectivity index (χ1n) is 9.11. The molecule has 0 aliphatic rings. The fourth-order valence-electron chi connectivity index (χ4n) is 2.67. The Balaban J connectivity index is 1.71. The van der Waals surface area contributed by atoms with E-state index in [2.05, 4.69) is 20.6 Å². The van der Waals surface area contributed by atoms with Crippen molar-refractivity contribution in [2.24, 2.45) is 7.05 Å². The molecule has 2 heterocycles. The summed E-state index contributed by atoms with van der Waals surface area (Å²) < 4.78 is 9.29. The third-order valence-electron chi connectivity index (χ3n) is 4.16. The van der Waals surface area contributed by atoms with E-state index in [0.717, 1.165) is 23.4 Å². The molecule has 3 aromatic rings. The fourth-order valence-corrected chi connectivity index (χ4v) is 3.38. The number of amides is 1. The number of carbonyl (C=O) groups excluding carboxylic acids is 1. The minimum atomic E-state index is -0.0855. The van der Waals surface area contributed by atoms with E-state index in [1.54, 1.807) is 4.68 Å². The van der Waals surface area contributed by atoms with Crippen LogP contribution in [0.5, 0.6) is 5.88 Å². The number of hydrogen-bond donors (Lipinski definition) is 1. The van der Waals surface area contributed by atoms with Crippen LogP contribution in [0.2, 0.25) is 0 Å². The smallest absolute Gasteiger partial charge is 0.243 e. The van der Waals surface area contributed by atoms with Gasteiger partial charge in [0.25, 0.3) is 0 Å². The second-order valence-electron chi connectivity index (χ2n) is 6.15. The van der Waals surface area contributed by atoms with Crippen LogP contribution in [0.3, 0.4) is 0 Å². The van der Waals surface area contributed by atoms with Crippen LogP contribution in [-0.2, 0) is 18.4 Å². The van der Waals surface area contributed by atoms with Crippen molar-refractivity contribution in [3.05, 3.63) is 36.0 Å². The summed E-state index contributed by atoms with van der Waals surface area (Å²) >= 11 is 1.34. The summed E-state index contributed by atoms with van der Waals surface area (Å²) in [5.41, 5.74) is 2.63. The molecule has 0 bridgehead atoms. The summed E-state index contributed by atoms with van der Waals surface area (Å²) in [6.45, 7) is 7.15. The van der Waals surface area contributed by atoms with Crippen LogP contribution in [0.25, 0.3) is 11.4 Å². The van der Waals surface area contributed by atoms with E-state index in [9.17, 15) is 4.79 Å². The number of benzene rings is 1. The maximum absolute atomic E-state index is 12.3. The Morgan fingerprint density at radius 1 is 1.25 bits per heavy atom. The number of carbonyl (C=O) groups is 1. The van der Waals surface area contributed by atoms with Crippen LogP contribution in [-0.4, -0.2) is 42.8 Å². The first kappa shape index (κ1) is 19.9. The molecule has 0 radical (unpaired) electrons. The lowest BCUT2D eigenvalue weighted by atomic mass is 10.2. The molecule has 0 aliphatic heterocycles. The summed E-state index contributed by atoms with van der Waals surface area (Å²) in [5.74, 6) is 1.35. The maximum atomic E-state index is 12.3. The largest absolute Gasteiger partial charge is 0.476 e. The lowest BCUT2D eigenvalue weighted by molar-refractivity contribution is -0.113. The number of aryl methyl sites for hydroxylation is 2. The number of aromatic nitrogens is 5. The van der Waals surface area contributed by atoms with Crippen molar-refractivity contribution >= 4 is 23.4 Å². The van der Waals surface area contributed by atoms with Gasteiger partial charge in [0.05, 0.1) is 12.4 Å². The minimum Gasteiger partial charge on any atom is -0.476 e. The highest BCUT2D eigenvalue weighted by atomic mass is 32.2. The standard InChI is InChI=1S/C19H24N6O2S/c1-5-25-11-14(18(23-25)27-6-2)17-21-22-19(24(17)4)28-12-16(26)20-15-10-8-7-9-13(15)3/h7-11H,5-6,12H2,1-4H3,(H,20,26). The monoisotopic (exact) mass is 400 g/mol. The zero-order valence-corrected chi connectivity index (χ0v) is 17.3. The molecule has 0 saturated heterocycles. The number of nitrogens with zero attached hydrogens (tertiary/aromatic N) is 5. The number of rotatable bonds is 8. The number of para-hydroxylation sites is 1. The molecular weight excluding hydrogens is 376 g/mol. The van der Waals surface area contributed by atoms with Gasteiger partial charge in [-0.1, -0.05) is 30.0 Å². The van der Waals surface area contributed by atoms with Crippen LogP contribution in [0, 0.1) is 6.92 Å². The van der Waals surface area contributed by atoms with Crippen LogP contribution >= 0.6 is 11.8 Å². The maximum Gasteiger partial charge on any atom is 0.243 e. The summed E-state index contributed by atoms with van der Waals surface area (Å²) in [7, 11) is 1.87. The van der Waals surface area contributed by atoms with Gasteiger partial charge in [-0.15, -0.1) is 15.3 Å². The molecule has 0 saturated carbocycles. The van der Waals surface area contributed by atoms with E-state index in [4.69, 9.17) is 4.74 Å². The van der Waals surface area contributed by atoms with Gasteiger partial charge in [0.1, 0.15) is 5.56 Å². The van der Waals surface area contributed by atoms with E-state index in [0.29, 0.717) is 23.5 Å². The molecule has 0 spiro atoms. The van der Waals surface area contributed by atoms with Crippen molar-refractivity contribution in [3.63, 3.8) is 0 Å². The number of anilines is 1. The van der Waals surface area contributed by atoms with Gasteiger partial charge in [0, 0.05) is 25.5 Å². The number of ether oxygens (including phenoxy) is 1. The first-order valence-corrected chi connectivity index (χ1v) is 10.1. The molecule has 1 aromatic carbocycles. The third kappa shape index (κ3) is 4.36. The lowest BCUT2D eigenvalue weighted by Gasteiger charge is -2.08. The molecule has 1 N–H and O–H groups in total. The highest BCUT2D eigenvalue weighted by Crippen LogP contribution is 2.29. The Morgan fingerprint density at radius 2 is 2.04 bits per heavy atom. The molecule has 0 aliphatic carbocycles. The van der Waals surface area contributed by atoms with Crippen molar-refractivity contribution in [3.8, 4) is 17.3 Å². The van der Waals surface area contributed by atoms with Gasteiger partial charge < -0.3 is 14.6 Å². The molecule has 2 aromatic heterocycles. The Labute approximate surface area is 168 Å². The molecule has 148 valence electrons. The predicted octanol–water partition coefficient (Wildman–Crippen LogP) is 3.14. The van der Waals surface area contributed by atoms with Gasteiger partial charge in [-0.25, -0.2) is 0 Å². The lowest BCUT2D eigenvalue weighted by Crippen LogP contribution is -2.15. The zero-order chi connectivity index (χ0) is 20.1. The van der Waals surface area contributed by atoms with Crippen LogP contribution in [0.4, 0.5) is 5.69 Å². The fraction of sp³-hybridized carbons (Fsp3) is 0.368. The number of nitrogens with one attached hydrogen (secondary N) is 1. The highest BCUT2D eigenvalue weighted by Gasteiger charge is 2.19. The molecule has 3 rings (SSSR count). The second-order valence-corrected chi connectivity index (χ2v) is 7.10. The highest BCUT2D eigenvalue weighted by molar-refractivity contribution is 7.99. The van der Waals surface area contributed by atoms with Crippen LogP contribution in [0.1, 0.15) is 19.4 Å². The van der Waals surface area contributed by atoms with Crippen molar-refractivity contribution in [1.82, 2.24) is 24.5 Å². The molecule has 0 fully saturated rings. The Hall–Kier alpha value is -2.81. The quantitative estimate of drug-likeness (QED) is 0.585. The molecule has 0 atom stereocenters. The van der Waals surface area contributed by atoms with E-state index >= 15 is 0 Å². The van der Waals surface area contributed by atoms with Crippen molar-refractivity contribution in [2.75, 3.05) is 17.7 Å². The molecule has 9 heteroatoms. The van der Waals surface area contributed by atoms with Gasteiger partial charge in [0.15, 0.2) is 11.0 Å². The average molecular weight is 401 g/mol. The zero-order valence-electron chi connectivity index (χ0n) is 16.5. The summed E-state index contributed by atoms with van der Waals surface area (Å²) in [6, 6.07) is 7.69. The van der Waals surface area contributed by atoms with E-state index < -0.39 is 0 Å². The SMILES string of the molecule is CCOc1nn(CC)cc1-c1nnc(SCC(=O)Nc2ccccc2C)n1C. The van der Waals surface area contributed by atoms with Crippen molar-refractivity contribution < 1.29 is 9.53 Å². The predicted molar refractivity (Wildman–Crippen MR) is 110 cm³/mol. The number of hydrogen-bond acceptors (Lipinski definition) is 6. The molecular formula is C19H24N6O2S. The van der Waals surface area contributed by atoms with Crippen LogP contribution < -0.4 is 10.1 Å². The topological polar surface area (TPSA) is 86.9 Å². The summed E-state index contributed by atoms with van der Waals surface area (Å²) in [5, 5.41) is 16.5. The molecule has 8 nitrogen and oxygen atoms in total. The van der Waals surface area contributed by atoms with Gasteiger partial charge >= 0.3 is 0 Å². The van der Waals surface area contributed by atoms with Gasteiger partial charge in [-0.3, -0.25) is 9.48 Å². The second kappa shape index (κ2) is 8.92. The Bertz CT molecular complexity index is 965. The Morgan fingerprint density at radius 3 is 2.75 bits per heavy atom. The number of thioether (sulfide) groups is 1. The van der Waals surface area contributed by atoms with Gasteiger partial charge in [0.2, 0.25) is 11.8 Å². The molecule has 0 unspecified atom stereocenters. The van der Waals surface area contributed by atoms with Gasteiger partial charge in [-0.2, -0.15) is 0 Å². The van der Waals surface area contributed by atoms with Crippen molar-refractivity contribution in [2.45, 2.75) is 32.5 Å². The average Bonchev–Trinajstić information content (AvgIpc) is 3.25.